The SMILES string of the molecule is COc1ccc(N2CCN(C(=O)c3cccc(CO[N+](=O)[O-])c3)CC2)cc1.O=CN(Cc1ccccc1)C1CC1. The molecule has 0 spiro atoms. The van der Waals surface area contributed by atoms with E-state index in [1.165, 1.54) is 18.4 Å². The lowest BCUT2D eigenvalue weighted by Crippen LogP contribution is -2.48. The Labute approximate surface area is 233 Å². The Hall–Kier alpha value is -4.60. The molecule has 2 aliphatic rings. The van der Waals surface area contributed by atoms with Crippen LogP contribution in [0.15, 0.2) is 78.9 Å². The quantitative estimate of drug-likeness (QED) is 0.213. The second-order valence-electron chi connectivity index (χ2n) is 9.67. The maximum absolute atomic E-state index is 12.7. The smallest absolute Gasteiger partial charge is 0.294 e. The summed E-state index contributed by atoms with van der Waals surface area (Å²) in [4.78, 5) is 44.0. The number of carbonyl (C=O) groups excluding carboxylic acids is 2. The summed E-state index contributed by atoms with van der Waals surface area (Å²) in [6, 6.07) is 25.2. The van der Waals surface area contributed by atoms with Crippen LogP contribution in [0, 0.1) is 10.1 Å². The van der Waals surface area contributed by atoms with Gasteiger partial charge in [-0.3, -0.25) is 9.59 Å². The van der Waals surface area contributed by atoms with Gasteiger partial charge in [-0.05, 0) is 60.4 Å². The molecule has 40 heavy (non-hydrogen) atoms. The van der Waals surface area contributed by atoms with E-state index in [9.17, 15) is 19.7 Å². The van der Waals surface area contributed by atoms with Gasteiger partial charge in [0.05, 0.1) is 7.11 Å². The number of anilines is 1. The molecule has 1 saturated carbocycles. The van der Waals surface area contributed by atoms with Crippen LogP contribution in [0.1, 0.15) is 34.3 Å². The number of hydrogen-bond acceptors (Lipinski definition) is 7. The number of methoxy groups -OCH3 is 1. The largest absolute Gasteiger partial charge is 0.497 e. The number of piperazine rings is 1. The second-order valence-corrected chi connectivity index (χ2v) is 9.67. The van der Waals surface area contributed by atoms with Crippen LogP contribution in [-0.2, 0) is 22.8 Å². The number of benzene rings is 3. The van der Waals surface area contributed by atoms with Crippen molar-refractivity contribution in [2.75, 3.05) is 38.2 Å². The van der Waals surface area contributed by atoms with E-state index in [0.717, 1.165) is 37.5 Å². The Balaban J connectivity index is 0.000000236. The normalized spacial score (nSPS) is 14.4. The summed E-state index contributed by atoms with van der Waals surface area (Å²) in [7, 11) is 1.64. The fourth-order valence-corrected chi connectivity index (χ4v) is 4.52. The van der Waals surface area contributed by atoms with Gasteiger partial charge in [0.25, 0.3) is 11.0 Å². The molecule has 0 bridgehead atoms. The first-order valence-corrected chi connectivity index (χ1v) is 13.3. The number of ether oxygens (including phenoxy) is 1. The predicted octanol–water partition coefficient (Wildman–Crippen LogP) is 4.17. The molecule has 1 saturated heterocycles. The number of carbonyl (C=O) groups is 2. The number of hydrogen-bond donors (Lipinski definition) is 0. The van der Waals surface area contributed by atoms with Gasteiger partial charge in [0.1, 0.15) is 12.4 Å². The van der Waals surface area contributed by atoms with Crippen LogP contribution in [0.2, 0.25) is 0 Å². The van der Waals surface area contributed by atoms with E-state index in [1.54, 1.807) is 36.3 Å². The van der Waals surface area contributed by atoms with Gasteiger partial charge in [0.15, 0.2) is 0 Å². The standard InChI is InChI=1S/C19H21N3O5.C11H13NO/c1-26-18-7-5-17(6-8-18)20-9-11-21(12-10-20)19(23)16-4-2-3-15(13-16)14-27-22(24)25;13-9-12(11-6-7-11)8-10-4-2-1-3-5-10/h2-8,13H,9-12,14H2,1H3;1-5,9,11H,6-8H2. The lowest BCUT2D eigenvalue weighted by Gasteiger charge is -2.36. The van der Waals surface area contributed by atoms with Crippen molar-refractivity contribution in [3.63, 3.8) is 0 Å². The maximum Gasteiger partial charge on any atom is 0.294 e. The highest BCUT2D eigenvalue weighted by Crippen LogP contribution is 2.26. The second kappa shape index (κ2) is 14.0. The Morgan fingerprint density at radius 2 is 1.65 bits per heavy atom. The summed E-state index contributed by atoms with van der Waals surface area (Å²) in [5.74, 6) is 0.737. The zero-order valence-electron chi connectivity index (χ0n) is 22.6. The molecule has 10 nitrogen and oxygen atoms in total. The molecular formula is C30H34N4O6. The van der Waals surface area contributed by atoms with Crippen LogP contribution < -0.4 is 9.64 Å². The summed E-state index contributed by atoms with van der Waals surface area (Å²) in [5, 5.41) is 9.48. The van der Waals surface area contributed by atoms with Crippen LogP contribution in [-0.4, -0.2) is 66.5 Å². The number of rotatable bonds is 10. The summed E-state index contributed by atoms with van der Waals surface area (Å²) in [6.45, 7) is 3.29. The molecule has 1 aliphatic carbocycles. The van der Waals surface area contributed by atoms with Crippen LogP contribution in [0.4, 0.5) is 5.69 Å². The molecule has 0 N–H and O–H groups in total. The molecule has 0 unspecified atom stereocenters. The van der Waals surface area contributed by atoms with E-state index < -0.39 is 5.09 Å². The topological polar surface area (TPSA) is 105 Å². The van der Waals surface area contributed by atoms with Crippen molar-refractivity contribution >= 4 is 18.0 Å². The van der Waals surface area contributed by atoms with E-state index in [4.69, 9.17) is 4.74 Å². The monoisotopic (exact) mass is 546 g/mol. The molecule has 210 valence electrons. The average molecular weight is 547 g/mol. The first-order chi connectivity index (χ1) is 19.5. The van der Waals surface area contributed by atoms with Crippen molar-refractivity contribution in [1.82, 2.24) is 9.80 Å². The van der Waals surface area contributed by atoms with Crippen molar-refractivity contribution in [2.45, 2.75) is 32.0 Å². The molecule has 3 aromatic carbocycles. The van der Waals surface area contributed by atoms with Gasteiger partial charge in [-0.2, -0.15) is 0 Å². The fraction of sp³-hybridized carbons (Fsp3) is 0.333. The van der Waals surface area contributed by atoms with Crippen LogP contribution in [0.3, 0.4) is 0 Å². The van der Waals surface area contributed by atoms with E-state index in [-0.39, 0.29) is 12.5 Å². The first kappa shape index (κ1) is 28.4. The van der Waals surface area contributed by atoms with Crippen molar-refractivity contribution in [3.8, 4) is 5.75 Å². The van der Waals surface area contributed by atoms with Crippen molar-refractivity contribution in [3.05, 3.63) is 106 Å². The predicted molar refractivity (Wildman–Crippen MR) is 150 cm³/mol. The molecule has 2 fully saturated rings. The van der Waals surface area contributed by atoms with Gasteiger partial charge < -0.3 is 24.3 Å². The molecule has 0 atom stereocenters. The lowest BCUT2D eigenvalue weighted by molar-refractivity contribution is -0.763. The minimum Gasteiger partial charge on any atom is -0.497 e. The summed E-state index contributed by atoms with van der Waals surface area (Å²) < 4.78 is 5.18. The van der Waals surface area contributed by atoms with E-state index in [2.05, 4.69) is 21.9 Å². The summed E-state index contributed by atoms with van der Waals surface area (Å²) >= 11 is 0. The van der Waals surface area contributed by atoms with Crippen LogP contribution in [0.25, 0.3) is 0 Å². The third kappa shape index (κ3) is 8.20. The van der Waals surface area contributed by atoms with Gasteiger partial charge in [0.2, 0.25) is 6.41 Å². The van der Waals surface area contributed by atoms with Gasteiger partial charge in [-0.15, -0.1) is 10.1 Å². The lowest BCUT2D eigenvalue weighted by atomic mass is 10.1. The zero-order valence-corrected chi connectivity index (χ0v) is 22.6. The minimum atomic E-state index is -0.840. The first-order valence-electron chi connectivity index (χ1n) is 13.3. The van der Waals surface area contributed by atoms with Crippen molar-refractivity contribution in [2.24, 2.45) is 0 Å². The molecule has 10 heteroatoms. The third-order valence-corrected chi connectivity index (χ3v) is 6.87. The Kier molecular flexibility index (Phi) is 9.93. The van der Waals surface area contributed by atoms with E-state index in [1.807, 2.05) is 47.4 Å². The highest BCUT2D eigenvalue weighted by atomic mass is 16.9. The maximum atomic E-state index is 12.7. The van der Waals surface area contributed by atoms with Gasteiger partial charge in [-0.25, -0.2) is 0 Å². The average Bonchev–Trinajstić information content (AvgIpc) is 3.85. The number of amides is 2. The number of nitrogens with zero attached hydrogens (tertiary/aromatic N) is 4. The molecule has 0 radical (unpaired) electrons. The molecule has 3 aromatic rings. The molecule has 5 rings (SSSR count). The molecule has 0 aromatic heterocycles. The Morgan fingerprint density at radius 1 is 0.975 bits per heavy atom. The van der Waals surface area contributed by atoms with Gasteiger partial charge >= 0.3 is 0 Å². The highest BCUT2D eigenvalue weighted by molar-refractivity contribution is 5.94. The zero-order chi connectivity index (χ0) is 28.3. The fourth-order valence-electron chi connectivity index (χ4n) is 4.52. The van der Waals surface area contributed by atoms with Crippen LogP contribution >= 0.6 is 0 Å². The van der Waals surface area contributed by atoms with Gasteiger partial charge in [-0.1, -0.05) is 42.5 Å². The summed E-state index contributed by atoms with van der Waals surface area (Å²) in [6.07, 6.45) is 3.31. The third-order valence-electron chi connectivity index (χ3n) is 6.87. The summed E-state index contributed by atoms with van der Waals surface area (Å²) in [5.41, 5.74) is 3.41. The molecule has 1 aliphatic heterocycles. The van der Waals surface area contributed by atoms with Crippen molar-refractivity contribution in [1.29, 1.82) is 0 Å². The molecule has 1 heterocycles. The van der Waals surface area contributed by atoms with Crippen molar-refractivity contribution < 1.29 is 24.3 Å². The van der Waals surface area contributed by atoms with E-state index >= 15 is 0 Å². The van der Waals surface area contributed by atoms with E-state index in [0.29, 0.717) is 30.3 Å². The molecular weight excluding hydrogens is 512 g/mol. The Morgan fingerprint density at radius 3 is 2.25 bits per heavy atom. The van der Waals surface area contributed by atoms with Gasteiger partial charge in [0, 0.05) is 50.0 Å². The van der Waals surface area contributed by atoms with Crippen LogP contribution in [0.5, 0.6) is 5.75 Å². The molecule has 2 amide bonds. The Bertz CT molecular complexity index is 1260. The highest BCUT2D eigenvalue weighted by Gasteiger charge is 2.27. The minimum absolute atomic E-state index is 0.0765.